The second-order valence-electron chi connectivity index (χ2n) is 3.19. The molecule has 0 amide bonds. The molecule has 0 spiro atoms. The number of allylic oxidation sites excluding steroid dienone is 1. The lowest BCUT2D eigenvalue weighted by atomic mass is 10.1. The molecule has 0 aliphatic carbocycles. The lowest BCUT2D eigenvalue weighted by Crippen LogP contribution is -1.89. The van der Waals surface area contributed by atoms with Gasteiger partial charge in [-0.3, -0.25) is 0 Å². The lowest BCUT2D eigenvalue weighted by Gasteiger charge is -2.00. The third-order valence-electron chi connectivity index (χ3n) is 2.01. The molecule has 1 nitrogen and oxygen atoms in total. The van der Waals surface area contributed by atoms with Crippen LogP contribution in [0.15, 0.2) is 12.7 Å². The van der Waals surface area contributed by atoms with E-state index in [2.05, 4.69) is 6.58 Å². The van der Waals surface area contributed by atoms with Crippen LogP contribution in [0, 0.1) is 0 Å². The van der Waals surface area contributed by atoms with E-state index < -0.39 is 0 Å². The van der Waals surface area contributed by atoms with Crippen molar-refractivity contribution in [3.05, 3.63) is 12.7 Å². The minimum atomic E-state index is 0.899. The summed E-state index contributed by atoms with van der Waals surface area (Å²) in [6.45, 7) is 4.69. The molecule has 72 valence electrons. The zero-order chi connectivity index (χ0) is 9.07. The van der Waals surface area contributed by atoms with E-state index in [1.54, 1.807) is 0 Å². The summed E-state index contributed by atoms with van der Waals surface area (Å²) < 4.78 is 5.11. The van der Waals surface area contributed by atoms with Gasteiger partial charge in [-0.1, -0.05) is 31.8 Å². The van der Waals surface area contributed by atoms with Crippen molar-refractivity contribution < 1.29 is 4.43 Å². The Morgan fingerprint density at radius 2 is 1.58 bits per heavy atom. The zero-order valence-electron chi connectivity index (χ0n) is 8.35. The Morgan fingerprint density at radius 3 is 2.17 bits per heavy atom. The van der Waals surface area contributed by atoms with Crippen LogP contribution >= 0.6 is 0 Å². The smallest absolute Gasteiger partial charge is 0.145 e. The van der Waals surface area contributed by atoms with Crippen LogP contribution < -0.4 is 0 Å². The van der Waals surface area contributed by atoms with E-state index >= 15 is 0 Å². The summed E-state index contributed by atoms with van der Waals surface area (Å²) in [6, 6.07) is 0. The first-order chi connectivity index (χ1) is 5.91. The zero-order valence-corrected chi connectivity index (χ0v) is 10.3. The van der Waals surface area contributed by atoms with Gasteiger partial charge >= 0.3 is 0 Å². The van der Waals surface area contributed by atoms with Gasteiger partial charge in [0.25, 0.3) is 0 Å². The highest BCUT2D eigenvalue weighted by atomic mass is 28.2. The molecule has 0 saturated heterocycles. The third kappa shape index (κ3) is 9.92. The molecule has 0 bridgehead atoms. The summed E-state index contributed by atoms with van der Waals surface area (Å²) in [7, 11) is 0.899. The molecule has 0 aliphatic heterocycles. The van der Waals surface area contributed by atoms with Gasteiger partial charge in [-0.2, -0.15) is 0 Å². The Labute approximate surface area is 79.7 Å². The van der Waals surface area contributed by atoms with Crippen LogP contribution in [0.2, 0.25) is 0 Å². The van der Waals surface area contributed by atoms with Crippen LogP contribution in [0.3, 0.4) is 0 Å². The minimum absolute atomic E-state index is 0.899. The molecular weight excluding hydrogens is 164 g/mol. The van der Waals surface area contributed by atoms with Crippen molar-refractivity contribution in [3.8, 4) is 0 Å². The number of rotatable bonds is 9. The van der Waals surface area contributed by atoms with E-state index in [1.807, 2.05) is 6.08 Å². The summed E-state index contributed by atoms with van der Waals surface area (Å²) in [5.41, 5.74) is 0. The van der Waals surface area contributed by atoms with Crippen molar-refractivity contribution in [1.82, 2.24) is 0 Å². The topological polar surface area (TPSA) is 9.23 Å². The van der Waals surface area contributed by atoms with Crippen molar-refractivity contribution in [3.63, 3.8) is 0 Å². The molecule has 2 heteroatoms. The van der Waals surface area contributed by atoms with Crippen molar-refractivity contribution >= 4 is 10.5 Å². The van der Waals surface area contributed by atoms with E-state index in [1.165, 1.54) is 44.9 Å². The molecule has 0 fully saturated rings. The monoisotopic (exact) mass is 186 g/mol. The minimum Gasteiger partial charge on any atom is -0.428 e. The van der Waals surface area contributed by atoms with E-state index in [-0.39, 0.29) is 0 Å². The molecule has 12 heavy (non-hydrogen) atoms. The third-order valence-corrected chi connectivity index (χ3v) is 2.41. The van der Waals surface area contributed by atoms with Crippen molar-refractivity contribution in [2.45, 2.75) is 44.9 Å². The second-order valence-corrected chi connectivity index (χ2v) is 3.77. The van der Waals surface area contributed by atoms with Gasteiger partial charge in [-0.05, 0) is 19.3 Å². The average Bonchev–Trinajstić information content (AvgIpc) is 2.10. The van der Waals surface area contributed by atoms with E-state index in [9.17, 15) is 0 Å². The molecular formula is C10H22OSi. The maximum Gasteiger partial charge on any atom is 0.145 e. The first kappa shape index (κ1) is 11.9. The van der Waals surface area contributed by atoms with E-state index in [4.69, 9.17) is 4.43 Å². The molecule has 0 rings (SSSR count). The lowest BCUT2D eigenvalue weighted by molar-refractivity contribution is 0.332. The molecule has 0 aromatic carbocycles. The highest BCUT2D eigenvalue weighted by Gasteiger charge is 1.89. The predicted octanol–water partition coefficient (Wildman–Crippen LogP) is 2.20. The largest absolute Gasteiger partial charge is 0.428 e. The molecule has 0 N–H and O–H groups in total. The average molecular weight is 186 g/mol. The maximum atomic E-state index is 5.11. The molecule has 0 saturated carbocycles. The highest BCUT2D eigenvalue weighted by Crippen LogP contribution is 2.06. The number of hydrogen-bond donors (Lipinski definition) is 0. The maximum absolute atomic E-state index is 5.11. The fourth-order valence-corrected chi connectivity index (χ4v) is 1.53. The standard InChI is InChI=1S/C10H22OSi/c1-2-3-4-5-6-7-8-9-10-11-12/h2H,1,3-10H2,12H3. The quantitative estimate of drug-likeness (QED) is 0.305. The molecule has 0 aromatic heterocycles. The van der Waals surface area contributed by atoms with Gasteiger partial charge in [0, 0.05) is 6.61 Å². The summed E-state index contributed by atoms with van der Waals surface area (Å²) in [5.74, 6) is 0. The molecule has 0 aliphatic rings. The highest BCUT2D eigenvalue weighted by molar-refractivity contribution is 5.97. The predicted molar refractivity (Wildman–Crippen MR) is 58.4 cm³/mol. The van der Waals surface area contributed by atoms with Crippen LogP contribution in [0.1, 0.15) is 44.9 Å². The molecule has 0 unspecified atom stereocenters. The van der Waals surface area contributed by atoms with Crippen LogP contribution in [-0.2, 0) is 4.43 Å². The van der Waals surface area contributed by atoms with Gasteiger partial charge in [0.05, 0.1) is 0 Å². The molecule has 0 aromatic rings. The van der Waals surface area contributed by atoms with Crippen LogP contribution in [0.4, 0.5) is 0 Å². The summed E-state index contributed by atoms with van der Waals surface area (Å²) in [6.07, 6.45) is 11.2. The first-order valence-electron chi connectivity index (χ1n) is 5.01. The number of unbranched alkanes of at least 4 members (excludes halogenated alkanes) is 6. The second kappa shape index (κ2) is 10.9. The van der Waals surface area contributed by atoms with E-state index in [0.29, 0.717) is 0 Å². The Morgan fingerprint density at radius 1 is 1.00 bits per heavy atom. The van der Waals surface area contributed by atoms with Crippen molar-refractivity contribution in [2.24, 2.45) is 0 Å². The summed E-state index contributed by atoms with van der Waals surface area (Å²) >= 11 is 0. The van der Waals surface area contributed by atoms with Crippen molar-refractivity contribution in [2.75, 3.05) is 6.61 Å². The summed E-state index contributed by atoms with van der Waals surface area (Å²) in [4.78, 5) is 0. The summed E-state index contributed by atoms with van der Waals surface area (Å²) in [5, 5.41) is 0. The Bertz CT molecular complexity index is 93.8. The van der Waals surface area contributed by atoms with Crippen LogP contribution in [-0.4, -0.2) is 17.1 Å². The van der Waals surface area contributed by atoms with Gasteiger partial charge < -0.3 is 4.43 Å². The van der Waals surface area contributed by atoms with Gasteiger partial charge in [-0.25, -0.2) is 0 Å². The molecule has 0 heterocycles. The van der Waals surface area contributed by atoms with Gasteiger partial charge in [0.1, 0.15) is 10.5 Å². The Balaban J connectivity index is 2.77. The van der Waals surface area contributed by atoms with E-state index in [0.717, 1.165) is 17.1 Å². The Hall–Kier alpha value is -0.0831. The van der Waals surface area contributed by atoms with Crippen LogP contribution in [0.25, 0.3) is 0 Å². The number of hydrogen-bond acceptors (Lipinski definition) is 1. The van der Waals surface area contributed by atoms with Crippen molar-refractivity contribution in [1.29, 1.82) is 0 Å². The molecule has 0 atom stereocenters. The fraction of sp³-hybridized carbons (Fsp3) is 0.800. The van der Waals surface area contributed by atoms with Crippen LogP contribution in [0.5, 0.6) is 0 Å². The Kier molecular flexibility index (Phi) is 10.8. The SMILES string of the molecule is C=CCCCCCCCCO[SiH3]. The fourth-order valence-electron chi connectivity index (χ4n) is 1.24. The van der Waals surface area contributed by atoms with Gasteiger partial charge in [-0.15, -0.1) is 6.58 Å². The normalized spacial score (nSPS) is 10.3. The molecule has 0 radical (unpaired) electrons. The van der Waals surface area contributed by atoms with Gasteiger partial charge in [0.2, 0.25) is 0 Å². The van der Waals surface area contributed by atoms with Gasteiger partial charge in [0.15, 0.2) is 0 Å². The first-order valence-corrected chi connectivity index (χ1v) is 5.83.